The molecule has 0 unspecified atom stereocenters. The second-order valence-electron chi connectivity index (χ2n) is 6.47. The maximum atomic E-state index is 13.3. The lowest BCUT2D eigenvalue weighted by molar-refractivity contribution is -0.145. The van der Waals surface area contributed by atoms with Gasteiger partial charge in [0.15, 0.2) is 0 Å². The molecule has 0 amide bonds. The second kappa shape index (κ2) is 6.28. The molecular weight excluding hydrogens is 409 g/mol. The number of benzene rings is 2. The van der Waals surface area contributed by atoms with Crippen LogP contribution in [-0.2, 0) is 6.18 Å². The largest absolute Gasteiger partial charge is 0.453 e. The van der Waals surface area contributed by atoms with Gasteiger partial charge in [-0.15, -0.1) is 16.9 Å². The highest BCUT2D eigenvalue weighted by Crippen LogP contribution is 2.46. The predicted octanol–water partition coefficient (Wildman–Crippen LogP) is 5.48. The quantitative estimate of drug-likeness (QED) is 0.566. The van der Waals surface area contributed by atoms with Crippen molar-refractivity contribution in [2.24, 2.45) is 0 Å². The van der Waals surface area contributed by atoms with Gasteiger partial charge in [-0.3, -0.25) is 0 Å². The highest BCUT2D eigenvalue weighted by molar-refractivity contribution is 7.99. The van der Waals surface area contributed by atoms with Crippen LogP contribution in [-0.4, -0.2) is 20.5 Å². The van der Waals surface area contributed by atoms with E-state index in [0.717, 1.165) is 27.3 Å². The van der Waals surface area contributed by atoms with Gasteiger partial charge in [-0.1, -0.05) is 41.9 Å². The van der Waals surface area contributed by atoms with E-state index in [9.17, 15) is 13.2 Å². The molecule has 0 fully saturated rings. The topological polar surface area (TPSA) is 42.7 Å². The first-order valence-corrected chi connectivity index (χ1v) is 9.79. The van der Waals surface area contributed by atoms with E-state index in [1.807, 2.05) is 36.4 Å². The molecule has 3 aromatic rings. The van der Waals surface area contributed by atoms with Crippen molar-refractivity contribution in [3.63, 3.8) is 0 Å². The van der Waals surface area contributed by atoms with Crippen LogP contribution in [0.5, 0.6) is 0 Å². The molecule has 0 radical (unpaired) electrons. The Bertz CT molecular complexity index is 1110. The van der Waals surface area contributed by atoms with Crippen LogP contribution in [0.1, 0.15) is 23.0 Å². The van der Waals surface area contributed by atoms with E-state index in [4.69, 9.17) is 11.6 Å². The molecule has 0 aliphatic carbocycles. The number of fused-ring (bicyclic) bond motifs is 3. The van der Waals surface area contributed by atoms with E-state index in [2.05, 4.69) is 15.4 Å². The van der Waals surface area contributed by atoms with Crippen LogP contribution in [0.3, 0.4) is 0 Å². The molecular formula is C19H12ClF3N4S. The molecule has 0 spiro atoms. The summed E-state index contributed by atoms with van der Waals surface area (Å²) < 4.78 is 41.1. The lowest BCUT2D eigenvalue weighted by atomic mass is 9.94. The van der Waals surface area contributed by atoms with Gasteiger partial charge >= 0.3 is 6.18 Å². The maximum Gasteiger partial charge on any atom is 0.453 e. The van der Waals surface area contributed by atoms with Crippen molar-refractivity contribution in [1.82, 2.24) is 14.8 Å². The van der Waals surface area contributed by atoms with Crippen molar-refractivity contribution in [3.8, 4) is 0 Å². The minimum atomic E-state index is -4.62. The highest BCUT2D eigenvalue weighted by Gasteiger charge is 2.41. The SMILES string of the molecule is FC(F)(F)c1nc2n(n1)[C@H](c1ccc(Cl)cc1)C1=C(N2)c2ccccc2SC1. The van der Waals surface area contributed by atoms with Gasteiger partial charge in [0.25, 0.3) is 5.82 Å². The van der Waals surface area contributed by atoms with Gasteiger partial charge in [0.05, 0.1) is 5.70 Å². The third-order valence-corrected chi connectivity index (χ3v) is 6.12. The number of halogens is 4. The Balaban J connectivity index is 1.73. The molecule has 2 aliphatic heterocycles. The van der Waals surface area contributed by atoms with E-state index in [1.165, 1.54) is 4.68 Å². The summed E-state index contributed by atoms with van der Waals surface area (Å²) in [6, 6.07) is 14.4. The first-order chi connectivity index (χ1) is 13.4. The molecule has 142 valence electrons. The van der Waals surface area contributed by atoms with E-state index >= 15 is 0 Å². The summed E-state index contributed by atoms with van der Waals surface area (Å²) in [6.07, 6.45) is -4.62. The smallest absolute Gasteiger partial charge is 0.324 e. The molecule has 5 rings (SSSR count). The Labute approximate surface area is 167 Å². The number of thioether (sulfide) groups is 1. The van der Waals surface area contributed by atoms with Crippen molar-refractivity contribution in [2.45, 2.75) is 17.1 Å². The number of nitrogens with zero attached hydrogens (tertiary/aromatic N) is 3. The average Bonchev–Trinajstić information content (AvgIpc) is 3.11. The average molecular weight is 421 g/mol. The summed E-state index contributed by atoms with van der Waals surface area (Å²) >= 11 is 7.66. The summed E-state index contributed by atoms with van der Waals surface area (Å²) in [6.45, 7) is 0. The lowest BCUT2D eigenvalue weighted by Gasteiger charge is -2.33. The van der Waals surface area contributed by atoms with Crippen molar-refractivity contribution in [3.05, 3.63) is 76.1 Å². The fourth-order valence-electron chi connectivity index (χ4n) is 3.52. The first kappa shape index (κ1) is 17.6. The zero-order valence-electron chi connectivity index (χ0n) is 14.2. The second-order valence-corrected chi connectivity index (χ2v) is 7.92. The van der Waals surface area contributed by atoms with Gasteiger partial charge in [0.1, 0.15) is 6.04 Å². The van der Waals surface area contributed by atoms with Crippen molar-refractivity contribution in [2.75, 3.05) is 11.1 Å². The number of aromatic nitrogens is 3. The fourth-order valence-corrected chi connectivity index (χ4v) is 4.76. The standard InChI is InChI=1S/C19H12ClF3N4S/c20-11-7-5-10(6-8-11)16-13-9-28-14-4-2-1-3-12(14)15(13)24-18-25-17(19(21,22)23)26-27(16)18/h1-8,16H,9H2,(H,24,25,26)/t16-/m1/s1. The summed E-state index contributed by atoms with van der Waals surface area (Å²) in [5.74, 6) is -0.449. The highest BCUT2D eigenvalue weighted by atomic mass is 35.5. The predicted molar refractivity (Wildman–Crippen MR) is 102 cm³/mol. The van der Waals surface area contributed by atoms with Gasteiger partial charge in [0.2, 0.25) is 5.95 Å². The first-order valence-electron chi connectivity index (χ1n) is 8.43. The Hall–Kier alpha value is -2.45. The molecule has 9 heteroatoms. The Morgan fingerprint density at radius 3 is 2.61 bits per heavy atom. The number of rotatable bonds is 1. The molecule has 1 atom stereocenters. The molecule has 2 aromatic carbocycles. The van der Waals surface area contributed by atoms with Crippen LogP contribution in [0, 0.1) is 0 Å². The molecule has 0 bridgehead atoms. The maximum absolute atomic E-state index is 13.3. The van der Waals surface area contributed by atoms with Crippen LogP contribution in [0.25, 0.3) is 5.70 Å². The van der Waals surface area contributed by atoms with Crippen LogP contribution in [0.15, 0.2) is 59.0 Å². The summed E-state index contributed by atoms with van der Waals surface area (Å²) in [5, 5.41) is 7.44. The Morgan fingerprint density at radius 2 is 1.86 bits per heavy atom. The fraction of sp³-hybridized carbons (Fsp3) is 0.158. The molecule has 4 nitrogen and oxygen atoms in total. The summed E-state index contributed by atoms with van der Waals surface area (Å²) in [7, 11) is 0. The van der Waals surface area contributed by atoms with Crippen molar-refractivity contribution >= 4 is 35.0 Å². The molecule has 1 N–H and O–H groups in total. The van der Waals surface area contributed by atoms with Crippen LogP contribution in [0.4, 0.5) is 19.1 Å². The van der Waals surface area contributed by atoms with E-state index in [-0.39, 0.29) is 5.95 Å². The van der Waals surface area contributed by atoms with Gasteiger partial charge in [-0.25, -0.2) is 4.68 Å². The van der Waals surface area contributed by atoms with Crippen LogP contribution >= 0.6 is 23.4 Å². The van der Waals surface area contributed by atoms with Gasteiger partial charge < -0.3 is 5.32 Å². The number of alkyl halides is 3. The normalized spacial score (nSPS) is 18.2. The zero-order chi connectivity index (χ0) is 19.5. The minimum absolute atomic E-state index is 0.0766. The van der Waals surface area contributed by atoms with Crippen LogP contribution in [0.2, 0.25) is 5.02 Å². The minimum Gasteiger partial charge on any atom is -0.324 e. The zero-order valence-corrected chi connectivity index (χ0v) is 15.7. The summed E-state index contributed by atoms with van der Waals surface area (Å²) in [4.78, 5) is 4.80. The Morgan fingerprint density at radius 1 is 1.11 bits per heavy atom. The number of hydrogen-bond acceptors (Lipinski definition) is 4. The number of anilines is 1. The third kappa shape index (κ3) is 2.79. The van der Waals surface area contributed by atoms with Crippen molar-refractivity contribution < 1.29 is 13.2 Å². The van der Waals surface area contributed by atoms with Gasteiger partial charge in [-0.2, -0.15) is 18.2 Å². The third-order valence-electron chi connectivity index (χ3n) is 4.74. The van der Waals surface area contributed by atoms with E-state index in [1.54, 1.807) is 23.9 Å². The van der Waals surface area contributed by atoms with Gasteiger partial charge in [0, 0.05) is 21.2 Å². The molecule has 28 heavy (non-hydrogen) atoms. The van der Waals surface area contributed by atoms with E-state index < -0.39 is 18.0 Å². The number of hydrogen-bond donors (Lipinski definition) is 1. The summed E-state index contributed by atoms with van der Waals surface area (Å²) in [5.41, 5.74) is 3.51. The van der Waals surface area contributed by atoms with E-state index in [0.29, 0.717) is 10.8 Å². The molecule has 3 heterocycles. The molecule has 0 saturated carbocycles. The molecule has 2 aliphatic rings. The van der Waals surface area contributed by atoms with Crippen LogP contribution < -0.4 is 5.32 Å². The molecule has 0 saturated heterocycles. The number of nitrogens with one attached hydrogen (secondary N) is 1. The monoisotopic (exact) mass is 420 g/mol. The lowest BCUT2D eigenvalue weighted by Crippen LogP contribution is -2.27. The molecule has 1 aromatic heterocycles. The van der Waals surface area contributed by atoms with Gasteiger partial charge in [-0.05, 0) is 29.3 Å². The Kier molecular flexibility index (Phi) is 3.96. The van der Waals surface area contributed by atoms with Crippen molar-refractivity contribution in [1.29, 1.82) is 0 Å².